The quantitative estimate of drug-likeness (QED) is 0.402. The first-order valence-electron chi connectivity index (χ1n) is 9.30. The fourth-order valence-electron chi connectivity index (χ4n) is 3.53. The summed E-state index contributed by atoms with van der Waals surface area (Å²) in [6.45, 7) is 0.951. The van der Waals surface area contributed by atoms with Crippen molar-refractivity contribution >= 4 is 34.8 Å². The number of halogens is 1. The molecule has 0 aliphatic carbocycles. The number of piperazine rings is 1. The summed E-state index contributed by atoms with van der Waals surface area (Å²) >= 11 is 0. The Labute approximate surface area is 170 Å². The van der Waals surface area contributed by atoms with Gasteiger partial charge < -0.3 is 14.8 Å². The molecule has 3 aromatic rings. The van der Waals surface area contributed by atoms with Gasteiger partial charge >= 0.3 is 0 Å². The summed E-state index contributed by atoms with van der Waals surface area (Å²) in [6, 6.07) is 8.81. The first-order chi connectivity index (χ1) is 14.5. The summed E-state index contributed by atoms with van der Waals surface area (Å²) in [5.74, 6) is -2.61. The highest BCUT2D eigenvalue weighted by molar-refractivity contribution is 6.45. The molecule has 3 heterocycles. The molecule has 0 radical (unpaired) electrons. The summed E-state index contributed by atoms with van der Waals surface area (Å²) in [4.78, 5) is 58.3. The summed E-state index contributed by atoms with van der Waals surface area (Å²) in [5.41, 5.74) is 0.424. The molecule has 0 bridgehead atoms. The minimum Gasteiger partial charge on any atom is -0.358 e. The van der Waals surface area contributed by atoms with E-state index in [1.54, 1.807) is 29.2 Å². The third-order valence-corrected chi connectivity index (χ3v) is 5.12. The highest BCUT2D eigenvalue weighted by atomic mass is 19.1. The van der Waals surface area contributed by atoms with Gasteiger partial charge in [-0.05, 0) is 12.1 Å². The Morgan fingerprint density at radius 1 is 1.03 bits per heavy atom. The predicted octanol–water partition coefficient (Wildman–Crippen LogP) is 1.68. The van der Waals surface area contributed by atoms with Crippen LogP contribution in [0, 0.1) is 5.82 Å². The van der Waals surface area contributed by atoms with Crippen LogP contribution in [0.25, 0.3) is 10.9 Å². The number of hydrogen-bond acceptors (Lipinski definition) is 5. The minimum atomic E-state index is -0.883. The monoisotopic (exact) mass is 408 g/mol. The van der Waals surface area contributed by atoms with E-state index in [-0.39, 0.29) is 54.2 Å². The zero-order valence-corrected chi connectivity index (χ0v) is 15.8. The van der Waals surface area contributed by atoms with Crippen LogP contribution in [0.2, 0.25) is 0 Å². The van der Waals surface area contributed by atoms with E-state index in [0.717, 1.165) is 6.20 Å². The number of nitrogens with zero attached hydrogens (tertiary/aromatic N) is 3. The zero-order chi connectivity index (χ0) is 21.3. The van der Waals surface area contributed by atoms with Gasteiger partial charge in [0, 0.05) is 37.9 Å². The van der Waals surface area contributed by atoms with Crippen molar-refractivity contribution < 1.29 is 23.6 Å². The summed E-state index contributed by atoms with van der Waals surface area (Å²) in [5, 5.41) is -0.136. The van der Waals surface area contributed by atoms with Gasteiger partial charge in [0.25, 0.3) is 17.6 Å². The number of ketones is 1. The second kappa shape index (κ2) is 7.86. The lowest BCUT2D eigenvalue weighted by molar-refractivity contribution is -0.127. The van der Waals surface area contributed by atoms with Gasteiger partial charge in [-0.3, -0.25) is 19.2 Å². The largest absolute Gasteiger partial charge is 0.358 e. The van der Waals surface area contributed by atoms with E-state index in [2.05, 4.69) is 9.97 Å². The Morgan fingerprint density at radius 2 is 1.70 bits per heavy atom. The standard InChI is InChI=1S/C21H17FN4O4/c22-15-11-23-16(12-27)18-17(15)14(10-24-18)19(28)21(30)26-8-6-25(7-9-26)20(29)13-4-2-1-3-5-13/h1-5,10-12,24H,6-9H2. The van der Waals surface area contributed by atoms with Crippen molar-refractivity contribution in [2.45, 2.75) is 0 Å². The SMILES string of the molecule is O=Cc1ncc(F)c2c(C(=O)C(=O)N3CCN(C(=O)c4ccccc4)CC3)c[nH]c12. The van der Waals surface area contributed by atoms with Crippen LogP contribution in [0.3, 0.4) is 0 Å². The van der Waals surface area contributed by atoms with Gasteiger partial charge in [-0.2, -0.15) is 0 Å². The molecule has 0 atom stereocenters. The minimum absolute atomic E-state index is 0.0501. The van der Waals surface area contributed by atoms with Crippen LogP contribution >= 0.6 is 0 Å². The van der Waals surface area contributed by atoms with E-state index in [4.69, 9.17) is 0 Å². The molecule has 4 rings (SSSR count). The molecule has 0 spiro atoms. The van der Waals surface area contributed by atoms with Crippen LogP contribution in [-0.4, -0.2) is 69.8 Å². The fraction of sp³-hybridized carbons (Fsp3) is 0.190. The molecule has 9 heteroatoms. The molecule has 1 aromatic carbocycles. The van der Waals surface area contributed by atoms with Crippen molar-refractivity contribution in [2.24, 2.45) is 0 Å². The average Bonchev–Trinajstić information content (AvgIpc) is 3.25. The third-order valence-electron chi connectivity index (χ3n) is 5.12. The number of hydrogen-bond donors (Lipinski definition) is 1. The van der Waals surface area contributed by atoms with Crippen molar-refractivity contribution in [3.05, 3.63) is 65.4 Å². The number of carbonyl (C=O) groups excluding carboxylic acids is 4. The van der Waals surface area contributed by atoms with Gasteiger partial charge in [-0.25, -0.2) is 9.37 Å². The number of fused-ring (bicyclic) bond motifs is 1. The molecule has 0 unspecified atom stereocenters. The smallest absolute Gasteiger partial charge is 0.295 e. The molecule has 2 aromatic heterocycles. The molecular formula is C21H17FN4O4. The number of aldehydes is 1. The Kier molecular flexibility index (Phi) is 5.09. The van der Waals surface area contributed by atoms with E-state index in [1.165, 1.54) is 11.1 Å². The van der Waals surface area contributed by atoms with Crippen LogP contribution in [-0.2, 0) is 4.79 Å². The van der Waals surface area contributed by atoms with Gasteiger partial charge in [0.1, 0.15) is 5.69 Å². The number of rotatable bonds is 4. The lowest BCUT2D eigenvalue weighted by Gasteiger charge is -2.34. The van der Waals surface area contributed by atoms with Crippen molar-refractivity contribution in [2.75, 3.05) is 26.2 Å². The van der Waals surface area contributed by atoms with Gasteiger partial charge in [0.15, 0.2) is 12.1 Å². The maximum atomic E-state index is 14.2. The van der Waals surface area contributed by atoms with Gasteiger partial charge in [0.05, 0.1) is 22.7 Å². The number of H-pyrrole nitrogens is 1. The van der Waals surface area contributed by atoms with E-state index in [0.29, 0.717) is 11.8 Å². The van der Waals surface area contributed by atoms with Crippen LogP contribution < -0.4 is 0 Å². The Hall–Kier alpha value is -3.88. The lowest BCUT2D eigenvalue weighted by Crippen LogP contribution is -2.52. The summed E-state index contributed by atoms with van der Waals surface area (Å²) in [6.07, 6.45) is 2.49. The average molecular weight is 408 g/mol. The molecule has 8 nitrogen and oxygen atoms in total. The van der Waals surface area contributed by atoms with Crippen molar-refractivity contribution in [3.63, 3.8) is 0 Å². The third kappa shape index (κ3) is 3.34. The Morgan fingerprint density at radius 3 is 2.37 bits per heavy atom. The van der Waals surface area contributed by atoms with Gasteiger partial charge in [-0.15, -0.1) is 0 Å². The van der Waals surface area contributed by atoms with Gasteiger partial charge in [0.2, 0.25) is 0 Å². The Bertz CT molecular complexity index is 1150. The van der Waals surface area contributed by atoms with Crippen molar-refractivity contribution in [1.82, 2.24) is 19.8 Å². The van der Waals surface area contributed by atoms with Gasteiger partial charge in [-0.1, -0.05) is 18.2 Å². The maximum absolute atomic E-state index is 14.2. The molecule has 1 aliphatic heterocycles. The molecule has 152 valence electrons. The predicted molar refractivity (Wildman–Crippen MR) is 105 cm³/mol. The highest BCUT2D eigenvalue weighted by Gasteiger charge is 2.31. The molecule has 1 saturated heterocycles. The normalized spacial score (nSPS) is 14.0. The van der Waals surface area contributed by atoms with Crippen LogP contribution in [0.4, 0.5) is 4.39 Å². The lowest BCUT2D eigenvalue weighted by atomic mass is 10.1. The van der Waals surface area contributed by atoms with Crippen molar-refractivity contribution in [1.29, 1.82) is 0 Å². The van der Waals surface area contributed by atoms with Crippen LogP contribution in [0.1, 0.15) is 31.2 Å². The molecular weight excluding hydrogens is 391 g/mol. The summed E-state index contributed by atoms with van der Waals surface area (Å²) < 4.78 is 14.2. The number of Topliss-reactive ketones (excluding diaryl/α,β-unsaturated/α-hetero) is 1. The second-order valence-electron chi connectivity index (χ2n) is 6.84. The first-order valence-corrected chi connectivity index (χ1v) is 9.30. The maximum Gasteiger partial charge on any atom is 0.295 e. The topological polar surface area (TPSA) is 103 Å². The molecule has 1 aliphatic rings. The first kappa shape index (κ1) is 19.4. The number of pyridine rings is 1. The van der Waals surface area contributed by atoms with Crippen molar-refractivity contribution in [3.8, 4) is 0 Å². The Balaban J connectivity index is 1.49. The number of nitrogens with one attached hydrogen (secondary N) is 1. The van der Waals surface area contributed by atoms with E-state index in [9.17, 15) is 23.6 Å². The van der Waals surface area contributed by atoms with Crippen LogP contribution in [0.15, 0.2) is 42.7 Å². The number of benzene rings is 1. The summed E-state index contributed by atoms with van der Waals surface area (Å²) in [7, 11) is 0. The highest BCUT2D eigenvalue weighted by Crippen LogP contribution is 2.24. The number of aromatic amines is 1. The molecule has 0 saturated carbocycles. The number of carbonyl (C=O) groups is 4. The molecule has 2 amide bonds. The molecule has 1 fully saturated rings. The molecule has 1 N–H and O–H groups in total. The fourth-order valence-corrected chi connectivity index (χ4v) is 3.53. The molecule has 30 heavy (non-hydrogen) atoms. The van der Waals surface area contributed by atoms with E-state index in [1.807, 2.05) is 6.07 Å². The van der Waals surface area contributed by atoms with Crippen LogP contribution in [0.5, 0.6) is 0 Å². The zero-order valence-electron chi connectivity index (χ0n) is 15.8. The number of amides is 2. The second-order valence-corrected chi connectivity index (χ2v) is 6.84. The van der Waals surface area contributed by atoms with E-state index < -0.39 is 17.5 Å². The number of aromatic nitrogens is 2. The van der Waals surface area contributed by atoms with E-state index >= 15 is 0 Å².